The number of aromatic nitrogens is 2. The first-order valence-electron chi connectivity index (χ1n) is 17.7. The number of benzene rings is 8. The second-order valence-corrected chi connectivity index (χ2v) is 13.4. The number of anilines is 3. The maximum atomic E-state index is 6.62. The van der Waals surface area contributed by atoms with Crippen molar-refractivity contribution in [3.8, 4) is 11.4 Å². The van der Waals surface area contributed by atoms with Gasteiger partial charge in [-0.3, -0.25) is 0 Å². The lowest BCUT2D eigenvalue weighted by Crippen LogP contribution is -2.10. The smallest absolute Gasteiger partial charge is 0.159 e. The number of hydrogen-bond donors (Lipinski definition) is 0. The molecule has 0 aliphatic carbocycles. The van der Waals surface area contributed by atoms with E-state index in [1.54, 1.807) is 0 Å². The molecule has 8 aromatic carbocycles. The van der Waals surface area contributed by atoms with Crippen molar-refractivity contribution in [3.05, 3.63) is 188 Å². The first kappa shape index (κ1) is 28.8. The predicted molar refractivity (Wildman–Crippen MR) is 217 cm³/mol. The summed E-state index contributed by atoms with van der Waals surface area (Å²) in [6.07, 6.45) is 0. The minimum absolute atomic E-state index is 0.863. The molecular formula is C48H31N3O. The first-order valence-corrected chi connectivity index (χ1v) is 17.7. The number of fused-ring (bicyclic) bond motifs is 9. The summed E-state index contributed by atoms with van der Waals surface area (Å²) in [5, 5.41) is 7.23. The van der Waals surface area contributed by atoms with Crippen molar-refractivity contribution < 1.29 is 4.42 Å². The minimum Gasteiger partial charge on any atom is -0.454 e. The number of furan rings is 1. The van der Waals surface area contributed by atoms with E-state index in [2.05, 4.69) is 190 Å². The van der Waals surface area contributed by atoms with E-state index < -0.39 is 0 Å². The molecule has 4 heteroatoms. The highest BCUT2D eigenvalue weighted by molar-refractivity contribution is 6.12. The fraction of sp³-hybridized carbons (Fsp3) is 0. The van der Waals surface area contributed by atoms with Crippen molar-refractivity contribution in [2.45, 2.75) is 0 Å². The lowest BCUT2D eigenvalue weighted by Gasteiger charge is -2.26. The van der Waals surface area contributed by atoms with Gasteiger partial charge >= 0.3 is 0 Å². The Morgan fingerprint density at radius 2 is 0.712 bits per heavy atom. The van der Waals surface area contributed by atoms with Crippen molar-refractivity contribution in [1.82, 2.24) is 9.13 Å². The third-order valence-electron chi connectivity index (χ3n) is 10.5. The van der Waals surface area contributed by atoms with Crippen LogP contribution in [0.1, 0.15) is 0 Å². The van der Waals surface area contributed by atoms with E-state index in [0.717, 1.165) is 50.4 Å². The van der Waals surface area contributed by atoms with Gasteiger partial charge in [0, 0.05) is 55.1 Å². The predicted octanol–water partition coefficient (Wildman–Crippen LogP) is 13.2. The van der Waals surface area contributed by atoms with E-state index in [1.165, 1.54) is 43.6 Å². The van der Waals surface area contributed by atoms with Gasteiger partial charge in [0.1, 0.15) is 5.58 Å². The second-order valence-electron chi connectivity index (χ2n) is 13.4. The van der Waals surface area contributed by atoms with E-state index >= 15 is 0 Å². The van der Waals surface area contributed by atoms with Gasteiger partial charge in [-0.1, -0.05) is 103 Å². The van der Waals surface area contributed by atoms with Gasteiger partial charge in [0.25, 0.3) is 0 Å². The third kappa shape index (κ3) is 4.21. The van der Waals surface area contributed by atoms with Crippen LogP contribution >= 0.6 is 0 Å². The molecule has 0 spiro atoms. The van der Waals surface area contributed by atoms with E-state index in [9.17, 15) is 0 Å². The zero-order valence-electron chi connectivity index (χ0n) is 28.1. The number of rotatable bonds is 5. The SMILES string of the molecule is c1ccc2c(c1)oc1c(N(c3ccc(-n4c5ccccc5c5ccccc54)cc3)c3ccc(-n4c5ccccc5c5ccccc54)cc3)cccc12. The maximum Gasteiger partial charge on any atom is 0.159 e. The van der Waals surface area contributed by atoms with Gasteiger partial charge in [-0.05, 0) is 84.9 Å². The molecule has 0 saturated carbocycles. The highest BCUT2D eigenvalue weighted by Gasteiger charge is 2.21. The summed E-state index contributed by atoms with van der Waals surface area (Å²) >= 11 is 0. The molecule has 0 aliphatic rings. The van der Waals surface area contributed by atoms with Crippen LogP contribution in [0.15, 0.2) is 192 Å². The van der Waals surface area contributed by atoms with Crippen LogP contribution in [0.2, 0.25) is 0 Å². The second kappa shape index (κ2) is 11.2. The molecule has 4 nitrogen and oxygen atoms in total. The Labute approximate surface area is 299 Å². The molecule has 0 aliphatic heterocycles. The molecule has 0 fully saturated rings. The van der Waals surface area contributed by atoms with Crippen molar-refractivity contribution in [2.75, 3.05) is 4.90 Å². The van der Waals surface area contributed by atoms with Crippen LogP contribution in [-0.4, -0.2) is 9.13 Å². The molecule has 0 saturated heterocycles. The summed E-state index contributed by atoms with van der Waals surface area (Å²) in [5.74, 6) is 0. The highest BCUT2D eigenvalue weighted by Crippen LogP contribution is 2.43. The Bertz CT molecular complexity index is 2860. The van der Waals surface area contributed by atoms with Crippen LogP contribution in [0.3, 0.4) is 0 Å². The van der Waals surface area contributed by atoms with Crippen LogP contribution in [0, 0.1) is 0 Å². The zero-order valence-corrected chi connectivity index (χ0v) is 28.1. The third-order valence-corrected chi connectivity index (χ3v) is 10.5. The highest BCUT2D eigenvalue weighted by atomic mass is 16.3. The fourth-order valence-corrected chi connectivity index (χ4v) is 8.24. The zero-order chi connectivity index (χ0) is 34.2. The van der Waals surface area contributed by atoms with Crippen LogP contribution in [-0.2, 0) is 0 Å². The van der Waals surface area contributed by atoms with Gasteiger partial charge in [-0.15, -0.1) is 0 Å². The average molecular weight is 666 g/mol. The van der Waals surface area contributed by atoms with Gasteiger partial charge in [0.2, 0.25) is 0 Å². The molecular weight excluding hydrogens is 635 g/mol. The Morgan fingerprint density at radius 1 is 0.327 bits per heavy atom. The molecule has 244 valence electrons. The van der Waals surface area contributed by atoms with Crippen molar-refractivity contribution in [2.24, 2.45) is 0 Å². The quantitative estimate of drug-likeness (QED) is 0.183. The molecule has 11 aromatic rings. The summed E-state index contributed by atoms with van der Waals surface area (Å²) in [5.41, 5.74) is 11.8. The van der Waals surface area contributed by atoms with Crippen LogP contribution < -0.4 is 4.90 Å². The van der Waals surface area contributed by atoms with Crippen LogP contribution in [0.25, 0.3) is 76.9 Å². The van der Waals surface area contributed by atoms with Gasteiger partial charge in [0.05, 0.1) is 27.8 Å². The first-order chi connectivity index (χ1) is 25.8. The monoisotopic (exact) mass is 665 g/mol. The number of para-hydroxylation sites is 6. The Balaban J connectivity index is 1.09. The van der Waals surface area contributed by atoms with Crippen LogP contribution in [0.4, 0.5) is 17.1 Å². The summed E-state index contributed by atoms with van der Waals surface area (Å²) < 4.78 is 11.3. The van der Waals surface area contributed by atoms with Gasteiger partial charge in [-0.2, -0.15) is 0 Å². The van der Waals surface area contributed by atoms with Crippen molar-refractivity contribution >= 4 is 82.6 Å². The van der Waals surface area contributed by atoms with E-state index in [4.69, 9.17) is 4.42 Å². The lowest BCUT2D eigenvalue weighted by atomic mass is 10.1. The van der Waals surface area contributed by atoms with E-state index in [-0.39, 0.29) is 0 Å². The molecule has 0 unspecified atom stereocenters. The summed E-state index contributed by atoms with van der Waals surface area (Å²) in [7, 11) is 0. The van der Waals surface area contributed by atoms with E-state index in [0.29, 0.717) is 0 Å². The standard InChI is InChI=1S/C48H31N3O/c1-6-18-42-36(12-1)37-13-2-7-19-43(37)50(42)34-28-24-32(25-29-34)49(46-22-11-17-41-40-16-5-10-23-47(40)52-48(41)46)33-26-30-35(31-27-33)51-44-20-8-3-14-38(44)39-15-4-9-21-45(39)51/h1-31H. The van der Waals surface area contributed by atoms with Crippen molar-refractivity contribution in [1.29, 1.82) is 0 Å². The summed E-state index contributed by atoms with van der Waals surface area (Å²) in [6.45, 7) is 0. The molecule has 3 aromatic heterocycles. The summed E-state index contributed by atoms with van der Waals surface area (Å²) in [4.78, 5) is 2.32. The fourth-order valence-electron chi connectivity index (χ4n) is 8.24. The van der Waals surface area contributed by atoms with Gasteiger partial charge in [0.15, 0.2) is 5.58 Å². The topological polar surface area (TPSA) is 26.2 Å². The minimum atomic E-state index is 0.863. The Kier molecular flexibility index (Phi) is 6.22. The molecule has 52 heavy (non-hydrogen) atoms. The lowest BCUT2D eigenvalue weighted by molar-refractivity contribution is 0.669. The van der Waals surface area contributed by atoms with Crippen molar-refractivity contribution in [3.63, 3.8) is 0 Å². The molecule has 0 bridgehead atoms. The number of hydrogen-bond acceptors (Lipinski definition) is 2. The van der Waals surface area contributed by atoms with E-state index in [1.807, 2.05) is 12.1 Å². The number of nitrogens with zero attached hydrogens (tertiary/aromatic N) is 3. The molecule has 0 amide bonds. The average Bonchev–Trinajstić information content (AvgIpc) is 3.87. The summed E-state index contributed by atoms with van der Waals surface area (Å²) in [6, 6.07) is 67.1. The maximum absolute atomic E-state index is 6.62. The van der Waals surface area contributed by atoms with Crippen LogP contribution in [0.5, 0.6) is 0 Å². The van der Waals surface area contributed by atoms with Gasteiger partial charge in [-0.25, -0.2) is 0 Å². The molecule has 0 N–H and O–H groups in total. The van der Waals surface area contributed by atoms with Gasteiger partial charge < -0.3 is 18.5 Å². The molecule has 0 radical (unpaired) electrons. The molecule has 0 atom stereocenters. The normalized spacial score (nSPS) is 11.8. The largest absolute Gasteiger partial charge is 0.454 e. The molecule has 11 rings (SSSR count). The molecule has 3 heterocycles. The Morgan fingerprint density at radius 3 is 1.17 bits per heavy atom. The Hall–Kier alpha value is -7.04.